The van der Waals surface area contributed by atoms with Crippen molar-refractivity contribution < 1.29 is 9.59 Å². The van der Waals surface area contributed by atoms with E-state index in [0.717, 1.165) is 12.1 Å². The second-order valence-electron chi connectivity index (χ2n) is 6.15. The van der Waals surface area contributed by atoms with Gasteiger partial charge < -0.3 is 5.32 Å². The van der Waals surface area contributed by atoms with Gasteiger partial charge in [0.25, 0.3) is 0 Å². The number of nitrogens with one attached hydrogen (secondary N) is 1. The minimum atomic E-state index is -0.125. The van der Waals surface area contributed by atoms with E-state index in [-0.39, 0.29) is 24.5 Å². The topological polar surface area (TPSA) is 46.2 Å². The fourth-order valence-corrected chi connectivity index (χ4v) is 3.93. The fraction of sp³-hybridized carbons (Fsp3) is 0.143. The Bertz CT molecular complexity index is 944. The molecule has 1 aliphatic carbocycles. The molecular formula is C21H17NO2S. The molecule has 1 aliphatic rings. The van der Waals surface area contributed by atoms with Crippen molar-refractivity contribution in [3.05, 3.63) is 76.0 Å². The van der Waals surface area contributed by atoms with Crippen LogP contribution in [0, 0.1) is 0 Å². The smallest absolute Gasteiger partial charge is 0.224 e. The lowest BCUT2D eigenvalue weighted by Gasteiger charge is -2.07. The molecule has 0 saturated heterocycles. The van der Waals surface area contributed by atoms with E-state index < -0.39 is 0 Å². The maximum Gasteiger partial charge on any atom is 0.224 e. The van der Waals surface area contributed by atoms with Gasteiger partial charge in [0, 0.05) is 18.5 Å². The summed E-state index contributed by atoms with van der Waals surface area (Å²) in [5.74, 6) is -0.102. The number of amides is 1. The van der Waals surface area contributed by atoms with E-state index in [1.165, 1.54) is 33.6 Å². The predicted octanol–water partition coefficient (Wildman–Crippen LogP) is 4.92. The Morgan fingerprint density at radius 3 is 2.60 bits per heavy atom. The summed E-state index contributed by atoms with van der Waals surface area (Å²) >= 11 is 1.41. The van der Waals surface area contributed by atoms with E-state index in [9.17, 15) is 9.59 Å². The zero-order valence-electron chi connectivity index (χ0n) is 13.6. The quantitative estimate of drug-likeness (QED) is 0.521. The number of ketones is 1. The van der Waals surface area contributed by atoms with Crippen molar-refractivity contribution in [1.29, 1.82) is 0 Å². The molecule has 1 N–H and O–H groups in total. The van der Waals surface area contributed by atoms with Crippen LogP contribution in [0.25, 0.3) is 11.1 Å². The maximum atomic E-state index is 12.1. The van der Waals surface area contributed by atoms with E-state index in [1.807, 2.05) is 29.6 Å². The molecule has 4 heteroatoms. The summed E-state index contributed by atoms with van der Waals surface area (Å²) in [4.78, 5) is 24.8. The summed E-state index contributed by atoms with van der Waals surface area (Å²) in [6.45, 7) is 0. The third kappa shape index (κ3) is 3.26. The SMILES string of the molecule is O=C(CCC(=O)c1cccs1)Nc1ccc2c(c1)Cc1ccccc1-2. The van der Waals surface area contributed by atoms with Gasteiger partial charge in [0.1, 0.15) is 0 Å². The normalized spacial score (nSPS) is 11.7. The molecule has 3 nitrogen and oxygen atoms in total. The Balaban J connectivity index is 1.40. The van der Waals surface area contributed by atoms with Gasteiger partial charge in [-0.1, -0.05) is 36.4 Å². The highest BCUT2D eigenvalue weighted by atomic mass is 32.1. The van der Waals surface area contributed by atoms with Gasteiger partial charge >= 0.3 is 0 Å². The van der Waals surface area contributed by atoms with Crippen LogP contribution >= 0.6 is 11.3 Å². The largest absolute Gasteiger partial charge is 0.326 e. The van der Waals surface area contributed by atoms with E-state index in [0.29, 0.717) is 4.88 Å². The molecule has 0 atom stereocenters. The summed E-state index contributed by atoms with van der Waals surface area (Å²) in [6, 6.07) is 18.1. The third-order valence-electron chi connectivity index (χ3n) is 4.45. The molecule has 0 bridgehead atoms. The van der Waals surface area contributed by atoms with Crippen LogP contribution in [0.3, 0.4) is 0 Å². The van der Waals surface area contributed by atoms with Crippen molar-refractivity contribution >= 4 is 28.7 Å². The second kappa shape index (κ2) is 6.65. The number of fused-ring (bicyclic) bond motifs is 3. The first-order valence-corrected chi connectivity index (χ1v) is 9.16. The number of carbonyl (C=O) groups is 2. The van der Waals surface area contributed by atoms with Crippen molar-refractivity contribution in [2.45, 2.75) is 19.3 Å². The van der Waals surface area contributed by atoms with Crippen LogP contribution < -0.4 is 5.32 Å². The fourth-order valence-electron chi connectivity index (χ4n) is 3.23. The minimum Gasteiger partial charge on any atom is -0.326 e. The van der Waals surface area contributed by atoms with E-state index in [2.05, 4.69) is 29.6 Å². The van der Waals surface area contributed by atoms with Crippen LogP contribution in [0.4, 0.5) is 5.69 Å². The van der Waals surface area contributed by atoms with E-state index in [4.69, 9.17) is 0 Å². The first-order valence-electron chi connectivity index (χ1n) is 8.28. The summed E-state index contributed by atoms with van der Waals surface area (Å²) < 4.78 is 0. The van der Waals surface area contributed by atoms with Crippen molar-refractivity contribution in [2.24, 2.45) is 0 Å². The average molecular weight is 347 g/mol. The molecule has 0 unspecified atom stereocenters. The van der Waals surface area contributed by atoms with Gasteiger partial charge in [0.2, 0.25) is 5.91 Å². The molecule has 0 saturated carbocycles. The van der Waals surface area contributed by atoms with Crippen molar-refractivity contribution in [3.8, 4) is 11.1 Å². The Morgan fingerprint density at radius 1 is 0.920 bits per heavy atom. The number of benzene rings is 2. The first kappa shape index (κ1) is 15.8. The second-order valence-corrected chi connectivity index (χ2v) is 7.10. The zero-order chi connectivity index (χ0) is 17.2. The van der Waals surface area contributed by atoms with E-state index in [1.54, 1.807) is 6.07 Å². The lowest BCUT2D eigenvalue weighted by Crippen LogP contribution is -2.13. The van der Waals surface area contributed by atoms with Gasteiger partial charge in [0.05, 0.1) is 4.88 Å². The van der Waals surface area contributed by atoms with Crippen LogP contribution in [-0.2, 0) is 11.2 Å². The molecule has 25 heavy (non-hydrogen) atoms. The molecule has 1 heterocycles. The van der Waals surface area contributed by atoms with Gasteiger partial charge in [-0.2, -0.15) is 0 Å². The number of rotatable bonds is 5. The highest BCUT2D eigenvalue weighted by Gasteiger charge is 2.18. The molecule has 0 spiro atoms. The standard InChI is InChI=1S/C21H17NO2S/c23-19(20-6-3-11-25-20)9-10-21(24)22-16-7-8-18-15(13-16)12-14-4-1-2-5-17(14)18/h1-8,11,13H,9-10,12H2,(H,22,24). The summed E-state index contributed by atoms with van der Waals surface area (Å²) in [6.07, 6.45) is 1.34. The molecule has 0 radical (unpaired) electrons. The van der Waals surface area contributed by atoms with E-state index >= 15 is 0 Å². The van der Waals surface area contributed by atoms with Crippen LogP contribution in [-0.4, -0.2) is 11.7 Å². The van der Waals surface area contributed by atoms with Gasteiger partial charge in [-0.05, 0) is 52.3 Å². The predicted molar refractivity (Wildman–Crippen MR) is 101 cm³/mol. The first-order chi connectivity index (χ1) is 12.2. The number of thiophene rings is 1. The van der Waals surface area contributed by atoms with Crippen molar-refractivity contribution in [3.63, 3.8) is 0 Å². The highest BCUT2D eigenvalue weighted by Crippen LogP contribution is 2.37. The summed E-state index contributed by atoms with van der Waals surface area (Å²) in [5, 5.41) is 4.78. The van der Waals surface area contributed by atoms with Crippen LogP contribution in [0.5, 0.6) is 0 Å². The molecular weight excluding hydrogens is 330 g/mol. The van der Waals surface area contributed by atoms with Gasteiger partial charge in [-0.15, -0.1) is 11.3 Å². The van der Waals surface area contributed by atoms with Gasteiger partial charge in [-0.25, -0.2) is 0 Å². The molecule has 1 aromatic heterocycles. The molecule has 1 amide bonds. The third-order valence-corrected chi connectivity index (χ3v) is 5.36. The lowest BCUT2D eigenvalue weighted by atomic mass is 10.1. The Kier molecular flexibility index (Phi) is 4.20. The van der Waals surface area contributed by atoms with Crippen molar-refractivity contribution in [2.75, 3.05) is 5.32 Å². The summed E-state index contributed by atoms with van der Waals surface area (Å²) in [5.41, 5.74) is 5.86. The zero-order valence-corrected chi connectivity index (χ0v) is 14.4. The Hall–Kier alpha value is -2.72. The molecule has 0 fully saturated rings. The molecule has 3 aromatic rings. The number of Topliss-reactive ketones (excluding diaryl/α,β-unsaturated/α-hetero) is 1. The molecule has 4 rings (SSSR count). The lowest BCUT2D eigenvalue weighted by molar-refractivity contribution is -0.116. The van der Waals surface area contributed by atoms with Crippen LogP contribution in [0.2, 0.25) is 0 Å². The number of hydrogen-bond acceptors (Lipinski definition) is 3. The molecule has 0 aliphatic heterocycles. The number of hydrogen-bond donors (Lipinski definition) is 1. The average Bonchev–Trinajstić information content (AvgIpc) is 3.27. The number of anilines is 1. The van der Waals surface area contributed by atoms with Gasteiger partial charge in [-0.3, -0.25) is 9.59 Å². The Morgan fingerprint density at radius 2 is 1.76 bits per heavy atom. The van der Waals surface area contributed by atoms with Gasteiger partial charge in [0.15, 0.2) is 5.78 Å². The van der Waals surface area contributed by atoms with Crippen molar-refractivity contribution in [1.82, 2.24) is 0 Å². The Labute approximate surface area is 150 Å². The summed E-state index contributed by atoms with van der Waals surface area (Å²) in [7, 11) is 0. The maximum absolute atomic E-state index is 12.1. The van der Waals surface area contributed by atoms with Crippen LogP contribution in [0.15, 0.2) is 60.0 Å². The number of carbonyl (C=O) groups excluding carboxylic acids is 2. The molecule has 124 valence electrons. The van der Waals surface area contributed by atoms with Crippen LogP contribution in [0.1, 0.15) is 33.6 Å². The highest BCUT2D eigenvalue weighted by molar-refractivity contribution is 7.12. The minimum absolute atomic E-state index is 0.0227. The monoisotopic (exact) mass is 347 g/mol. The molecule has 2 aromatic carbocycles.